The van der Waals surface area contributed by atoms with Gasteiger partial charge in [0.25, 0.3) is 5.91 Å². The Balaban J connectivity index is 1.20. The number of rotatable bonds is 8. The molecule has 0 unspecified atom stereocenters. The Hall–Kier alpha value is -3.43. The Kier molecular flexibility index (Phi) is 8.96. The number of fused-ring (bicyclic) bond motifs is 1. The van der Waals surface area contributed by atoms with E-state index in [1.807, 2.05) is 42.0 Å². The molecule has 0 bridgehead atoms. The van der Waals surface area contributed by atoms with Gasteiger partial charge < -0.3 is 24.8 Å². The van der Waals surface area contributed by atoms with Crippen molar-refractivity contribution in [1.29, 1.82) is 0 Å². The first-order valence-corrected chi connectivity index (χ1v) is 16.0. The van der Waals surface area contributed by atoms with Crippen LogP contribution in [0.1, 0.15) is 65.8 Å². The quantitative estimate of drug-likeness (QED) is 0.216. The molecule has 0 saturated carbocycles. The summed E-state index contributed by atoms with van der Waals surface area (Å²) in [4.78, 5) is 27.2. The molecule has 1 atom stereocenters. The number of benzene rings is 2. The minimum atomic E-state index is -0.478. The van der Waals surface area contributed by atoms with Crippen molar-refractivity contribution in [2.45, 2.75) is 58.2 Å². The highest BCUT2D eigenvalue weighted by Crippen LogP contribution is 2.35. The largest absolute Gasteiger partial charge is 0.394 e. The Morgan fingerprint density at radius 1 is 1.05 bits per heavy atom. The molecule has 8 nitrogen and oxygen atoms in total. The summed E-state index contributed by atoms with van der Waals surface area (Å²) in [6.45, 7) is 9.56. The maximum Gasteiger partial charge on any atom is 0.271 e. The molecule has 4 heterocycles. The molecule has 6 rings (SSSR count). The van der Waals surface area contributed by atoms with Crippen LogP contribution in [0.2, 0.25) is 10.0 Å². The molecule has 2 N–H and O–H groups in total. The Labute approximate surface area is 268 Å². The summed E-state index contributed by atoms with van der Waals surface area (Å²) in [5, 5.41) is 14.7. The van der Waals surface area contributed by atoms with Gasteiger partial charge in [0.1, 0.15) is 5.69 Å². The fraction of sp³-hybridized carbons (Fsp3) is 0.382. The highest BCUT2D eigenvalue weighted by atomic mass is 35.5. The normalized spacial score (nSPS) is 16.8. The van der Waals surface area contributed by atoms with Crippen LogP contribution in [0.3, 0.4) is 0 Å². The van der Waals surface area contributed by atoms with Crippen LogP contribution in [0, 0.1) is 6.92 Å². The number of aliphatic hydroxyl groups is 1. The van der Waals surface area contributed by atoms with Crippen LogP contribution >= 0.6 is 23.2 Å². The van der Waals surface area contributed by atoms with Crippen LogP contribution in [0.25, 0.3) is 11.3 Å². The van der Waals surface area contributed by atoms with Gasteiger partial charge in [-0.2, -0.15) is 0 Å². The number of nitrogens with zero attached hydrogens (tertiary/aromatic N) is 5. The number of aryl methyl sites for hydroxylation is 1. The number of likely N-dealkylation sites (tertiary alicyclic amines) is 1. The summed E-state index contributed by atoms with van der Waals surface area (Å²) >= 11 is 13.0. The van der Waals surface area contributed by atoms with E-state index in [0.29, 0.717) is 46.7 Å². The predicted molar refractivity (Wildman–Crippen MR) is 176 cm³/mol. The predicted octanol–water partition coefficient (Wildman–Crippen LogP) is 7.08. The smallest absolute Gasteiger partial charge is 0.271 e. The first-order chi connectivity index (χ1) is 21.2. The molecule has 2 aromatic carbocycles. The summed E-state index contributed by atoms with van der Waals surface area (Å²) in [6.07, 6.45) is 6.01. The SMILES string of the molecule is Cc1cnc(Nc2ccc(C3CCN(C(C)C)CC3)cc2Cl)nc1-c1cc2n(c1)CCN([C@H](CO)c1cccc(Cl)c1)C2=O. The molecule has 2 aliphatic heterocycles. The topological polar surface area (TPSA) is 86.5 Å². The zero-order chi connectivity index (χ0) is 31.0. The van der Waals surface area contributed by atoms with Gasteiger partial charge >= 0.3 is 0 Å². The number of aromatic nitrogens is 3. The number of nitrogens with one attached hydrogen (secondary N) is 1. The molecular formula is C34H38Cl2N6O2. The molecular weight excluding hydrogens is 595 g/mol. The zero-order valence-electron chi connectivity index (χ0n) is 25.3. The lowest BCUT2D eigenvalue weighted by Gasteiger charge is -2.34. The number of halogens is 2. The average molecular weight is 634 g/mol. The van der Waals surface area contributed by atoms with E-state index in [1.165, 1.54) is 5.56 Å². The third-order valence-corrected chi connectivity index (χ3v) is 9.50. The summed E-state index contributed by atoms with van der Waals surface area (Å²) in [5.74, 6) is 0.800. The zero-order valence-corrected chi connectivity index (χ0v) is 26.8. The van der Waals surface area contributed by atoms with Gasteiger partial charge in [-0.1, -0.05) is 41.4 Å². The van der Waals surface area contributed by atoms with Gasteiger partial charge in [0.15, 0.2) is 0 Å². The van der Waals surface area contributed by atoms with Crippen LogP contribution in [0.4, 0.5) is 11.6 Å². The highest BCUT2D eigenvalue weighted by molar-refractivity contribution is 6.33. The van der Waals surface area contributed by atoms with Crippen LogP contribution < -0.4 is 5.32 Å². The van der Waals surface area contributed by atoms with Crippen molar-refractivity contribution in [1.82, 2.24) is 24.3 Å². The van der Waals surface area contributed by atoms with Crippen LogP contribution in [0.15, 0.2) is 60.9 Å². The van der Waals surface area contributed by atoms with E-state index in [2.05, 4.69) is 41.2 Å². The number of hydrogen-bond acceptors (Lipinski definition) is 6. The molecule has 2 aliphatic rings. The van der Waals surface area contributed by atoms with Gasteiger partial charge in [0.05, 0.1) is 29.1 Å². The van der Waals surface area contributed by atoms with Crippen LogP contribution in [-0.4, -0.2) is 67.6 Å². The number of carbonyl (C=O) groups excluding carboxylic acids is 1. The van der Waals surface area contributed by atoms with E-state index < -0.39 is 6.04 Å². The van der Waals surface area contributed by atoms with Gasteiger partial charge in [-0.25, -0.2) is 9.97 Å². The minimum Gasteiger partial charge on any atom is -0.394 e. The maximum atomic E-state index is 13.6. The van der Waals surface area contributed by atoms with E-state index in [9.17, 15) is 9.90 Å². The van der Waals surface area contributed by atoms with E-state index >= 15 is 0 Å². The summed E-state index contributed by atoms with van der Waals surface area (Å²) < 4.78 is 1.95. The van der Waals surface area contributed by atoms with Gasteiger partial charge in [-0.05, 0) is 99.6 Å². The van der Waals surface area contributed by atoms with Crippen molar-refractivity contribution in [3.8, 4) is 11.3 Å². The van der Waals surface area contributed by atoms with Gasteiger partial charge in [-0.3, -0.25) is 4.79 Å². The molecule has 0 aliphatic carbocycles. The van der Waals surface area contributed by atoms with Crippen molar-refractivity contribution in [3.63, 3.8) is 0 Å². The number of hydrogen-bond donors (Lipinski definition) is 2. The molecule has 230 valence electrons. The minimum absolute atomic E-state index is 0.145. The maximum absolute atomic E-state index is 13.6. The Bertz CT molecular complexity index is 1660. The summed E-state index contributed by atoms with van der Waals surface area (Å²) in [7, 11) is 0. The highest BCUT2D eigenvalue weighted by Gasteiger charge is 2.32. The standard InChI is InChI=1S/C34H38Cl2N6O2/c1-21(2)40-11-9-23(10-12-40)24-7-8-29(28(36)16-24)38-34-37-18-22(3)32(39-34)26-17-30-33(44)42(14-13-41(30)19-26)31(20-43)25-5-4-6-27(35)15-25/h4-8,15-19,21,23,31,43H,9-14,20H2,1-3H3,(H,37,38,39)/t31-/m1/s1. The lowest BCUT2D eigenvalue weighted by molar-refractivity contribution is 0.0526. The first-order valence-electron chi connectivity index (χ1n) is 15.2. The average Bonchev–Trinajstić information content (AvgIpc) is 3.46. The third kappa shape index (κ3) is 6.22. The number of piperidine rings is 1. The van der Waals surface area contributed by atoms with E-state index in [-0.39, 0.29) is 12.5 Å². The third-order valence-electron chi connectivity index (χ3n) is 8.96. The molecule has 10 heteroatoms. The van der Waals surface area contributed by atoms with Crippen molar-refractivity contribution in [2.75, 3.05) is 31.6 Å². The van der Waals surface area contributed by atoms with E-state index in [4.69, 9.17) is 28.2 Å². The summed E-state index contributed by atoms with van der Waals surface area (Å²) in [5.41, 5.74) is 5.84. The molecule has 4 aromatic rings. The van der Waals surface area contributed by atoms with Crippen molar-refractivity contribution < 1.29 is 9.90 Å². The second-order valence-electron chi connectivity index (χ2n) is 12.1. The number of aliphatic hydroxyl groups excluding tert-OH is 1. The molecule has 44 heavy (non-hydrogen) atoms. The van der Waals surface area contributed by atoms with Crippen LogP contribution in [0.5, 0.6) is 0 Å². The van der Waals surface area contributed by atoms with E-state index in [1.54, 1.807) is 23.2 Å². The molecule has 0 spiro atoms. The molecule has 1 saturated heterocycles. The Morgan fingerprint density at radius 3 is 2.55 bits per heavy atom. The second kappa shape index (κ2) is 12.9. The van der Waals surface area contributed by atoms with Gasteiger partial charge in [-0.15, -0.1) is 0 Å². The Morgan fingerprint density at radius 2 is 1.84 bits per heavy atom. The molecule has 0 radical (unpaired) electrons. The lowest BCUT2D eigenvalue weighted by Crippen LogP contribution is -2.43. The number of anilines is 2. The van der Waals surface area contributed by atoms with Crippen molar-refractivity contribution in [3.05, 3.63) is 93.4 Å². The van der Waals surface area contributed by atoms with Crippen LogP contribution in [-0.2, 0) is 6.54 Å². The first kappa shape index (κ1) is 30.6. The molecule has 2 aromatic heterocycles. The monoisotopic (exact) mass is 632 g/mol. The molecule has 1 fully saturated rings. The van der Waals surface area contributed by atoms with Crippen molar-refractivity contribution in [2.24, 2.45) is 0 Å². The fourth-order valence-electron chi connectivity index (χ4n) is 6.41. The van der Waals surface area contributed by atoms with Gasteiger partial charge in [0.2, 0.25) is 5.95 Å². The van der Waals surface area contributed by atoms with E-state index in [0.717, 1.165) is 54.0 Å². The van der Waals surface area contributed by atoms with Crippen molar-refractivity contribution >= 4 is 40.7 Å². The van der Waals surface area contributed by atoms with Gasteiger partial charge in [0, 0.05) is 42.1 Å². The number of carbonyl (C=O) groups is 1. The summed E-state index contributed by atoms with van der Waals surface area (Å²) in [6, 6.07) is 15.5. The fourth-order valence-corrected chi connectivity index (χ4v) is 6.85. The number of amides is 1. The molecule has 1 amide bonds. The second-order valence-corrected chi connectivity index (χ2v) is 12.9. The lowest BCUT2D eigenvalue weighted by atomic mass is 9.89.